The van der Waals surface area contributed by atoms with Crippen molar-refractivity contribution >= 4 is 5.91 Å². The molecule has 0 unspecified atom stereocenters. The van der Waals surface area contributed by atoms with Crippen molar-refractivity contribution in [1.82, 2.24) is 5.32 Å². The summed E-state index contributed by atoms with van der Waals surface area (Å²) in [4.78, 5) is 10.6. The van der Waals surface area contributed by atoms with E-state index in [4.69, 9.17) is 0 Å². The number of aromatic hydroxyl groups is 1. The molecule has 0 spiro atoms. The van der Waals surface area contributed by atoms with Gasteiger partial charge in [0.2, 0.25) is 5.91 Å². The van der Waals surface area contributed by atoms with Crippen molar-refractivity contribution in [3.05, 3.63) is 23.8 Å². The predicted molar refractivity (Wildman–Crippen MR) is 65.0 cm³/mol. The first-order chi connectivity index (χ1) is 9.28. The Hall–Kier alpha value is -2.36. The molecule has 0 bridgehead atoms. The summed E-state index contributed by atoms with van der Waals surface area (Å²) in [6, 6.07) is 3.14. The van der Waals surface area contributed by atoms with Crippen LogP contribution in [-0.4, -0.2) is 23.9 Å². The van der Waals surface area contributed by atoms with Gasteiger partial charge >= 0.3 is 6.36 Å². The lowest BCUT2D eigenvalue weighted by molar-refractivity contribution is -0.274. The third-order valence-corrected chi connectivity index (χ3v) is 2.04. The van der Waals surface area contributed by atoms with Gasteiger partial charge in [-0.1, -0.05) is 11.8 Å². The maximum absolute atomic E-state index is 12.2. The molecule has 1 amide bonds. The number of hydrogen-bond donors (Lipinski definition) is 2. The van der Waals surface area contributed by atoms with Crippen LogP contribution in [0.3, 0.4) is 0 Å². The fourth-order valence-corrected chi connectivity index (χ4v) is 1.29. The molecule has 0 heterocycles. The number of phenols is 1. The third-order valence-electron chi connectivity index (χ3n) is 2.04. The SMILES string of the molecule is CC(=O)NCCC#Cc1cc(O)ccc1OC(F)(F)F. The van der Waals surface area contributed by atoms with E-state index in [1.807, 2.05) is 0 Å². The predicted octanol–water partition coefficient (Wildman–Crippen LogP) is 2.17. The molecule has 20 heavy (non-hydrogen) atoms. The molecule has 0 aliphatic rings. The van der Waals surface area contributed by atoms with Crippen LogP contribution in [0.1, 0.15) is 18.9 Å². The first-order valence-corrected chi connectivity index (χ1v) is 5.60. The van der Waals surface area contributed by atoms with E-state index in [0.29, 0.717) is 0 Å². The normalized spacial score (nSPS) is 10.4. The van der Waals surface area contributed by atoms with Gasteiger partial charge in [0, 0.05) is 19.9 Å². The summed E-state index contributed by atoms with van der Waals surface area (Å²) in [6.45, 7) is 1.63. The average Bonchev–Trinajstić information content (AvgIpc) is 2.30. The lowest BCUT2D eigenvalue weighted by Crippen LogP contribution is -2.20. The van der Waals surface area contributed by atoms with Crippen molar-refractivity contribution in [2.45, 2.75) is 19.7 Å². The van der Waals surface area contributed by atoms with Gasteiger partial charge in [0.25, 0.3) is 0 Å². The molecule has 4 nitrogen and oxygen atoms in total. The standard InChI is InChI=1S/C13H12F3NO3/c1-9(18)17-7-3-2-4-10-8-11(19)5-6-12(10)20-13(14,15)16/h5-6,8,19H,3,7H2,1H3,(H,17,18). The highest BCUT2D eigenvalue weighted by atomic mass is 19.4. The van der Waals surface area contributed by atoms with Gasteiger partial charge in [-0.05, 0) is 18.2 Å². The van der Waals surface area contributed by atoms with Crippen molar-refractivity contribution in [2.24, 2.45) is 0 Å². The third kappa shape index (κ3) is 6.00. The van der Waals surface area contributed by atoms with E-state index in [-0.39, 0.29) is 30.2 Å². The number of rotatable bonds is 3. The van der Waals surface area contributed by atoms with E-state index in [9.17, 15) is 23.1 Å². The second-order valence-electron chi connectivity index (χ2n) is 3.76. The van der Waals surface area contributed by atoms with Gasteiger partial charge in [-0.15, -0.1) is 13.2 Å². The van der Waals surface area contributed by atoms with E-state index in [1.165, 1.54) is 6.92 Å². The number of nitrogens with one attached hydrogen (secondary N) is 1. The summed E-state index contributed by atoms with van der Waals surface area (Å²) in [5.41, 5.74) is -0.0786. The molecule has 0 fully saturated rings. The minimum absolute atomic E-state index is 0.0786. The molecule has 0 radical (unpaired) electrons. The summed E-state index contributed by atoms with van der Waals surface area (Å²) >= 11 is 0. The van der Waals surface area contributed by atoms with Crippen LogP contribution in [-0.2, 0) is 4.79 Å². The lowest BCUT2D eigenvalue weighted by atomic mass is 10.2. The number of hydrogen-bond acceptors (Lipinski definition) is 3. The van der Waals surface area contributed by atoms with Crippen LogP contribution in [0.15, 0.2) is 18.2 Å². The summed E-state index contributed by atoms with van der Waals surface area (Å²) in [5, 5.41) is 11.7. The van der Waals surface area contributed by atoms with Gasteiger partial charge in [0.1, 0.15) is 11.5 Å². The molecule has 1 rings (SSSR count). The highest BCUT2D eigenvalue weighted by Gasteiger charge is 2.32. The molecular weight excluding hydrogens is 275 g/mol. The van der Waals surface area contributed by atoms with Gasteiger partial charge in [-0.3, -0.25) is 4.79 Å². The minimum atomic E-state index is -4.83. The second-order valence-corrected chi connectivity index (χ2v) is 3.76. The monoisotopic (exact) mass is 287 g/mol. The summed E-state index contributed by atoms with van der Waals surface area (Å²) in [7, 11) is 0. The van der Waals surface area contributed by atoms with Crippen molar-refractivity contribution in [1.29, 1.82) is 0 Å². The average molecular weight is 287 g/mol. The number of ether oxygens (including phenoxy) is 1. The molecule has 1 aromatic carbocycles. The maximum atomic E-state index is 12.2. The highest BCUT2D eigenvalue weighted by Crippen LogP contribution is 2.28. The van der Waals surface area contributed by atoms with E-state index >= 15 is 0 Å². The molecule has 2 N–H and O–H groups in total. The van der Waals surface area contributed by atoms with Crippen LogP contribution in [0, 0.1) is 11.8 Å². The topological polar surface area (TPSA) is 58.6 Å². The largest absolute Gasteiger partial charge is 0.573 e. The van der Waals surface area contributed by atoms with Crippen LogP contribution in [0.25, 0.3) is 0 Å². The minimum Gasteiger partial charge on any atom is -0.508 e. The number of halogens is 3. The van der Waals surface area contributed by atoms with Crippen LogP contribution in [0.2, 0.25) is 0 Å². The van der Waals surface area contributed by atoms with Crippen LogP contribution >= 0.6 is 0 Å². The van der Waals surface area contributed by atoms with Gasteiger partial charge < -0.3 is 15.2 Å². The van der Waals surface area contributed by atoms with Gasteiger partial charge in [0.15, 0.2) is 0 Å². The molecule has 0 aliphatic carbocycles. The quantitative estimate of drug-likeness (QED) is 0.661. The number of benzene rings is 1. The number of carbonyl (C=O) groups excluding carboxylic acids is 1. The fraction of sp³-hybridized carbons (Fsp3) is 0.308. The molecule has 1 aromatic rings. The summed E-state index contributed by atoms with van der Waals surface area (Å²) < 4.78 is 40.3. The Morgan fingerprint density at radius 2 is 2.15 bits per heavy atom. The van der Waals surface area contributed by atoms with Gasteiger partial charge in [0.05, 0.1) is 5.56 Å². The van der Waals surface area contributed by atoms with E-state index in [2.05, 4.69) is 21.9 Å². The van der Waals surface area contributed by atoms with Crippen molar-refractivity contribution in [2.75, 3.05) is 6.54 Å². The van der Waals surface area contributed by atoms with E-state index < -0.39 is 12.1 Å². The molecule has 0 aromatic heterocycles. The lowest BCUT2D eigenvalue weighted by Gasteiger charge is -2.10. The van der Waals surface area contributed by atoms with Crippen LogP contribution < -0.4 is 10.1 Å². The van der Waals surface area contributed by atoms with E-state index in [1.54, 1.807) is 0 Å². The number of carbonyl (C=O) groups is 1. The Kier molecular flexibility index (Phi) is 5.26. The first-order valence-electron chi connectivity index (χ1n) is 5.60. The van der Waals surface area contributed by atoms with Crippen molar-refractivity contribution in [3.63, 3.8) is 0 Å². The maximum Gasteiger partial charge on any atom is 0.573 e. The molecule has 7 heteroatoms. The Balaban J connectivity index is 2.79. The highest BCUT2D eigenvalue weighted by molar-refractivity contribution is 5.72. The number of amides is 1. The smallest absolute Gasteiger partial charge is 0.508 e. The Labute approximate surface area is 113 Å². The van der Waals surface area contributed by atoms with Crippen LogP contribution in [0.4, 0.5) is 13.2 Å². The molecule has 0 atom stereocenters. The molecule has 0 saturated carbocycles. The van der Waals surface area contributed by atoms with Crippen molar-refractivity contribution < 1.29 is 27.8 Å². The zero-order valence-electron chi connectivity index (χ0n) is 10.5. The zero-order valence-corrected chi connectivity index (χ0v) is 10.5. The number of alkyl halides is 3. The summed E-state index contributed by atoms with van der Waals surface area (Å²) in [6.07, 6.45) is -4.57. The molecule has 0 aliphatic heterocycles. The van der Waals surface area contributed by atoms with Crippen LogP contribution in [0.5, 0.6) is 11.5 Å². The molecule has 0 saturated heterocycles. The van der Waals surface area contributed by atoms with Crippen molar-refractivity contribution in [3.8, 4) is 23.3 Å². The van der Waals surface area contributed by atoms with Gasteiger partial charge in [-0.2, -0.15) is 0 Å². The zero-order chi connectivity index (χ0) is 15.2. The Morgan fingerprint density at radius 3 is 2.75 bits per heavy atom. The van der Waals surface area contributed by atoms with Gasteiger partial charge in [-0.25, -0.2) is 0 Å². The molecular formula is C13H12F3NO3. The first kappa shape index (κ1) is 15.7. The Morgan fingerprint density at radius 1 is 1.45 bits per heavy atom. The molecule has 108 valence electrons. The fourth-order valence-electron chi connectivity index (χ4n) is 1.29. The number of phenolic OH excluding ortho intramolecular Hbond substituents is 1. The second kappa shape index (κ2) is 6.70. The van der Waals surface area contributed by atoms with E-state index in [0.717, 1.165) is 18.2 Å². The Bertz CT molecular complexity index is 544. The summed E-state index contributed by atoms with van der Waals surface area (Å²) in [5.74, 6) is 4.13.